The average molecular weight is 1790 g/mol. The summed E-state index contributed by atoms with van der Waals surface area (Å²) >= 11 is 0. The van der Waals surface area contributed by atoms with Crippen LogP contribution in [0.5, 0.6) is 80.5 Å². The first-order chi connectivity index (χ1) is 61.6. The number of aryl methyl sites for hydroxylation is 3. The Balaban J connectivity index is 0.000000199. The van der Waals surface area contributed by atoms with Crippen molar-refractivity contribution in [3.8, 4) is 80.5 Å². The minimum Gasteiger partial charge on any atom is -0.497 e. The monoisotopic (exact) mass is 1790 g/mol. The molecule has 0 saturated heterocycles. The number of amides is 2. The number of halogens is 7. The summed E-state index contributed by atoms with van der Waals surface area (Å²) in [5.41, 5.74) is 13.6. The highest BCUT2D eigenvalue weighted by Gasteiger charge is 2.33. The molecule has 0 bridgehead atoms. The highest BCUT2D eigenvalue weighted by atomic mass is 19.3. The topological polar surface area (TPSA) is 325 Å². The minimum atomic E-state index is -3.05. The number of carboxylic acid groups (broad SMARTS) is 1. The second-order valence-corrected chi connectivity index (χ2v) is 28.6. The van der Waals surface area contributed by atoms with Gasteiger partial charge in [0, 0.05) is 124 Å². The number of carboxylic acids is 1. The number of rotatable bonds is 40. The van der Waals surface area contributed by atoms with E-state index in [0.717, 1.165) is 83.8 Å². The van der Waals surface area contributed by atoms with Gasteiger partial charge in [-0.1, -0.05) is 54.6 Å². The number of aromatic nitrogens is 6. The van der Waals surface area contributed by atoms with Crippen LogP contribution in [0.3, 0.4) is 0 Å². The highest BCUT2D eigenvalue weighted by Crippen LogP contribution is 2.43. The summed E-state index contributed by atoms with van der Waals surface area (Å²) in [6.45, 7) is 2.22. The van der Waals surface area contributed by atoms with Crippen LogP contribution in [0.4, 0.5) is 30.7 Å². The Morgan fingerprint density at radius 2 is 0.805 bits per heavy atom. The van der Waals surface area contributed by atoms with Gasteiger partial charge in [0.05, 0.1) is 105 Å². The number of ether oxygens (including phenoxy) is 14. The van der Waals surface area contributed by atoms with E-state index < -0.39 is 32.2 Å². The fourth-order valence-corrected chi connectivity index (χ4v) is 12.9. The number of benzene rings is 7. The van der Waals surface area contributed by atoms with Gasteiger partial charge in [-0.3, -0.25) is 28.4 Å². The molecule has 1 unspecified atom stereocenters. The van der Waals surface area contributed by atoms with Crippen molar-refractivity contribution in [3.63, 3.8) is 0 Å². The number of carbonyl (C=O) groups is 4. The van der Waals surface area contributed by atoms with Gasteiger partial charge in [0.2, 0.25) is 6.36 Å². The lowest BCUT2D eigenvalue weighted by atomic mass is 10.1. The largest absolute Gasteiger partial charge is 0.497 e. The lowest BCUT2D eigenvalue weighted by Gasteiger charge is -2.25. The smallest absolute Gasteiger partial charge is 0.387 e. The van der Waals surface area contributed by atoms with Gasteiger partial charge in [-0.15, -0.1) is 0 Å². The first-order valence-corrected chi connectivity index (χ1v) is 41.2. The SMILES string of the molecule is CCOc1cccc(C=O)c1OC(C)F.CCOc1cccc(CN(Cc2ccc(OC)cc2OC)C(=O)c2cc(C3CC3)nn2C)c1OC(F)F.CCOc1cccc(CNC(=O)c2cc(C3CC3)nn2C)c1OC(F)F.CCOc1cccc(CNCc2ccc(OC)cc2OC)c1OC(F)F.COc1ccc(CN)c(OC)c1.Cn1nc(C2CC2)cc1C(=O)O. The number of hydrogen-bond acceptors (Lipinski definition) is 23. The van der Waals surface area contributed by atoms with Crippen LogP contribution in [0, 0.1) is 0 Å². The normalized spacial score (nSPS) is 12.5. The first kappa shape index (κ1) is 100. The van der Waals surface area contributed by atoms with Crippen molar-refractivity contribution in [2.75, 3.05) is 69.1 Å². The molecule has 13 rings (SSSR count). The number of aromatic carboxylic acids is 1. The number of methoxy groups -OCH3 is 6. The number of nitrogens with one attached hydrogen (secondary N) is 2. The van der Waals surface area contributed by atoms with Gasteiger partial charge >= 0.3 is 25.8 Å². The van der Waals surface area contributed by atoms with Crippen molar-refractivity contribution in [3.05, 3.63) is 219 Å². The van der Waals surface area contributed by atoms with Crippen molar-refractivity contribution in [1.82, 2.24) is 44.9 Å². The summed E-state index contributed by atoms with van der Waals surface area (Å²) in [6, 6.07) is 41.3. The molecule has 692 valence electrons. The quantitative estimate of drug-likeness (QED) is 0.0205. The number of nitrogens with two attached hydrogens (primary N) is 1. The maximum atomic E-state index is 13.9. The zero-order valence-electron chi connectivity index (χ0n) is 73.9. The molecule has 7 aromatic carbocycles. The van der Waals surface area contributed by atoms with Crippen LogP contribution in [0.25, 0.3) is 0 Å². The maximum Gasteiger partial charge on any atom is 0.387 e. The molecule has 2 amide bonds. The molecule has 3 fully saturated rings. The maximum absolute atomic E-state index is 13.9. The lowest BCUT2D eigenvalue weighted by Crippen LogP contribution is -2.32. The van der Waals surface area contributed by atoms with Crippen LogP contribution in [-0.2, 0) is 60.4 Å². The number of para-hydroxylation sites is 4. The van der Waals surface area contributed by atoms with Crippen molar-refractivity contribution in [1.29, 1.82) is 0 Å². The first-order valence-electron chi connectivity index (χ1n) is 41.2. The molecule has 3 aromatic heterocycles. The molecule has 0 radical (unpaired) electrons. The van der Waals surface area contributed by atoms with E-state index >= 15 is 0 Å². The van der Waals surface area contributed by atoms with E-state index in [9.17, 15) is 49.9 Å². The van der Waals surface area contributed by atoms with E-state index in [0.29, 0.717) is 126 Å². The van der Waals surface area contributed by atoms with Gasteiger partial charge in [-0.05, 0) is 139 Å². The summed E-state index contributed by atoms with van der Waals surface area (Å²) in [5.74, 6) is 5.02. The molecule has 3 heterocycles. The Morgan fingerprint density at radius 1 is 0.445 bits per heavy atom. The summed E-state index contributed by atoms with van der Waals surface area (Å²) in [5, 5.41) is 27.7. The minimum absolute atomic E-state index is 0.0130. The van der Waals surface area contributed by atoms with Crippen LogP contribution in [0.2, 0.25) is 0 Å². The van der Waals surface area contributed by atoms with Gasteiger partial charge in [0.15, 0.2) is 52.3 Å². The number of alkyl halides is 7. The third-order valence-electron chi connectivity index (χ3n) is 19.6. The Kier molecular flexibility index (Phi) is 39.4. The zero-order valence-corrected chi connectivity index (χ0v) is 73.9. The van der Waals surface area contributed by atoms with E-state index in [-0.39, 0.29) is 83.8 Å². The van der Waals surface area contributed by atoms with Crippen LogP contribution < -0.4 is 82.7 Å². The van der Waals surface area contributed by atoms with Crippen LogP contribution in [-0.4, -0.2) is 159 Å². The number of hydrogen-bond donors (Lipinski definition) is 4. The molecule has 1 atom stereocenters. The molecular weight excluding hydrogens is 1680 g/mol. The predicted octanol–water partition coefficient (Wildman–Crippen LogP) is 17.1. The Morgan fingerprint density at radius 3 is 1.20 bits per heavy atom. The molecule has 128 heavy (non-hydrogen) atoms. The zero-order chi connectivity index (χ0) is 93.1. The number of nitrogens with zero attached hydrogens (tertiary/aromatic N) is 7. The third kappa shape index (κ3) is 29.8. The van der Waals surface area contributed by atoms with E-state index in [1.807, 2.05) is 42.5 Å². The van der Waals surface area contributed by atoms with Crippen LogP contribution >= 0.6 is 0 Å². The second-order valence-electron chi connectivity index (χ2n) is 28.6. The summed E-state index contributed by atoms with van der Waals surface area (Å²) in [7, 11) is 14.6. The fraction of sp³-hybridized carbons (Fsp3) is 0.402. The summed E-state index contributed by atoms with van der Waals surface area (Å²) in [6.07, 6.45) is 5.72. The van der Waals surface area contributed by atoms with Gasteiger partial charge in [-0.2, -0.15) is 41.6 Å². The molecule has 3 aliphatic carbocycles. The molecule has 3 aliphatic rings. The molecule has 0 aliphatic heterocycles. The molecular formula is C92H111F7N10O19. The molecule has 36 heteroatoms. The van der Waals surface area contributed by atoms with Gasteiger partial charge in [0.1, 0.15) is 51.6 Å². The highest BCUT2D eigenvalue weighted by molar-refractivity contribution is 5.93. The Labute approximate surface area is 738 Å². The third-order valence-corrected chi connectivity index (χ3v) is 19.6. The Bertz CT molecular complexity index is 5220. The van der Waals surface area contributed by atoms with Crippen molar-refractivity contribution in [2.24, 2.45) is 26.9 Å². The van der Waals surface area contributed by atoms with Crippen LogP contribution in [0.1, 0.15) is 183 Å². The average Bonchev–Trinajstić information content (AvgIpc) is 1.66. The van der Waals surface area contributed by atoms with Crippen molar-refractivity contribution < 1.29 is 121 Å². The number of carbonyl (C=O) groups excluding carboxylic acids is 3. The van der Waals surface area contributed by atoms with E-state index in [2.05, 4.69) is 35.4 Å². The fourth-order valence-electron chi connectivity index (χ4n) is 12.9. The molecule has 29 nitrogen and oxygen atoms in total. The molecule has 5 N–H and O–H groups in total. The van der Waals surface area contributed by atoms with Crippen molar-refractivity contribution >= 4 is 24.1 Å². The second kappa shape index (κ2) is 50.3. The predicted molar refractivity (Wildman–Crippen MR) is 461 cm³/mol. The van der Waals surface area contributed by atoms with Gasteiger partial charge in [0.25, 0.3) is 11.8 Å². The standard InChI is InChI=1S/C27H31F2N3O5.C19H23F2NO4.C18H21F2N3O3.C11H13FO3.C9H13NO2.C8H10N2O2/c1-5-36-23-8-6-7-19(25(23)37-27(28)29)16-32(15-18-11-12-20(34-3)13-24(18)35-4)26(33)22-14-21(17-9-10-17)30-31(22)2;1-4-25-16-7-5-6-14(18(16)26-19(20)21)12-22-11-13-8-9-15(23-2)10-17(13)24-3;1-3-25-15-6-4-5-12(16(15)26-18(19)20)10-21-17(24)14-9-13(11-7-8-11)22-23(14)2;1-3-14-10-6-4-5-9(7-13)11(10)15-8(2)12;1-11-8-4-3-7(6-10)9(5-8)12-2;1-10-7(8(11)12)4-6(9-10)5-2-3-5/h6-8,11-14,17,27H,5,9-10,15-16H2,1-4H3;5-10,19,22H,4,11-12H2,1-3H3;4-6,9,11,18H,3,7-8,10H2,1-2H3,(H,21,24);4-8H,3H2,1-2H3;3-5H,6,10H2,1-2H3;4-5H,2-3H2,1H3,(H,11,12). The summed E-state index contributed by atoms with van der Waals surface area (Å²) in [4.78, 5) is 49.2. The van der Waals surface area contributed by atoms with E-state index in [4.69, 9.17) is 67.7 Å². The van der Waals surface area contributed by atoms with Gasteiger partial charge in [-0.25, -0.2) is 9.18 Å². The van der Waals surface area contributed by atoms with E-state index in [1.54, 1.807) is 197 Å². The lowest BCUT2D eigenvalue weighted by molar-refractivity contribution is -0.0528. The van der Waals surface area contributed by atoms with Crippen LogP contribution in [0.15, 0.2) is 146 Å². The molecule has 0 spiro atoms. The van der Waals surface area contributed by atoms with Crippen molar-refractivity contribution in [2.45, 2.75) is 156 Å². The summed E-state index contributed by atoms with van der Waals surface area (Å²) < 4.78 is 167. The number of aldehydes is 1. The Hall–Kier alpha value is -13.1. The van der Waals surface area contributed by atoms with E-state index in [1.165, 1.54) is 23.4 Å². The molecule has 3 saturated carbocycles. The van der Waals surface area contributed by atoms with Gasteiger partial charge < -0.3 is 92.7 Å². The molecule has 10 aromatic rings.